The largest absolute Gasteiger partial charge is 0.486 e. The predicted molar refractivity (Wildman–Crippen MR) is 75.9 cm³/mol. The van der Waals surface area contributed by atoms with E-state index in [0.29, 0.717) is 30.4 Å². The van der Waals surface area contributed by atoms with Gasteiger partial charge in [-0.05, 0) is 26.0 Å². The summed E-state index contributed by atoms with van der Waals surface area (Å²) < 4.78 is 10.8. The molecule has 0 atom stereocenters. The van der Waals surface area contributed by atoms with E-state index < -0.39 is 12.0 Å². The van der Waals surface area contributed by atoms with E-state index in [-0.39, 0.29) is 12.6 Å². The Balaban J connectivity index is 2.09. The molecular weight excluding hydrogens is 276 g/mol. The van der Waals surface area contributed by atoms with Crippen LogP contribution in [-0.2, 0) is 4.79 Å². The Kier molecular flexibility index (Phi) is 4.52. The van der Waals surface area contributed by atoms with Crippen molar-refractivity contribution in [2.45, 2.75) is 19.9 Å². The van der Waals surface area contributed by atoms with Crippen LogP contribution in [0.4, 0.5) is 10.5 Å². The van der Waals surface area contributed by atoms with E-state index in [2.05, 4.69) is 5.32 Å². The number of carbonyl (C=O) groups is 2. The first-order valence-corrected chi connectivity index (χ1v) is 6.66. The molecule has 1 aliphatic heterocycles. The SMILES string of the molecule is CC(C)N(CC(=O)O)C(=O)Nc1ccc2c(c1)OCCO2. The number of benzene rings is 1. The predicted octanol–water partition coefficient (Wildman–Crippen LogP) is 1.78. The Hall–Kier alpha value is -2.44. The second-order valence-electron chi connectivity index (χ2n) is 4.90. The zero-order chi connectivity index (χ0) is 15.4. The maximum Gasteiger partial charge on any atom is 0.323 e. The summed E-state index contributed by atoms with van der Waals surface area (Å²) >= 11 is 0. The smallest absolute Gasteiger partial charge is 0.323 e. The number of aliphatic carboxylic acids is 1. The highest BCUT2D eigenvalue weighted by Gasteiger charge is 2.20. The van der Waals surface area contributed by atoms with Gasteiger partial charge in [-0.2, -0.15) is 0 Å². The lowest BCUT2D eigenvalue weighted by Gasteiger charge is -2.25. The molecule has 0 saturated carbocycles. The molecule has 1 aliphatic rings. The average Bonchev–Trinajstić information content (AvgIpc) is 2.44. The van der Waals surface area contributed by atoms with Gasteiger partial charge in [-0.1, -0.05) is 0 Å². The molecule has 2 N–H and O–H groups in total. The quantitative estimate of drug-likeness (QED) is 0.883. The summed E-state index contributed by atoms with van der Waals surface area (Å²) in [6.07, 6.45) is 0. The lowest BCUT2D eigenvalue weighted by atomic mass is 10.2. The van der Waals surface area contributed by atoms with Gasteiger partial charge in [0.25, 0.3) is 0 Å². The molecule has 2 amide bonds. The second-order valence-corrected chi connectivity index (χ2v) is 4.90. The van der Waals surface area contributed by atoms with Gasteiger partial charge in [-0.3, -0.25) is 4.79 Å². The number of rotatable bonds is 4. The minimum Gasteiger partial charge on any atom is -0.486 e. The Morgan fingerprint density at radius 2 is 1.95 bits per heavy atom. The van der Waals surface area contributed by atoms with Crippen LogP contribution in [0.15, 0.2) is 18.2 Å². The number of amides is 2. The van der Waals surface area contributed by atoms with E-state index >= 15 is 0 Å². The number of carbonyl (C=O) groups excluding carboxylic acids is 1. The first kappa shape index (κ1) is 15.0. The van der Waals surface area contributed by atoms with Crippen molar-refractivity contribution in [2.24, 2.45) is 0 Å². The van der Waals surface area contributed by atoms with Crippen molar-refractivity contribution in [3.05, 3.63) is 18.2 Å². The van der Waals surface area contributed by atoms with Gasteiger partial charge in [0.05, 0.1) is 0 Å². The first-order valence-electron chi connectivity index (χ1n) is 6.66. The first-order chi connectivity index (χ1) is 9.97. The normalized spacial score (nSPS) is 12.9. The van der Waals surface area contributed by atoms with Crippen molar-refractivity contribution in [2.75, 3.05) is 25.1 Å². The number of carboxylic acid groups (broad SMARTS) is 1. The van der Waals surface area contributed by atoms with Gasteiger partial charge >= 0.3 is 12.0 Å². The van der Waals surface area contributed by atoms with E-state index in [1.807, 2.05) is 0 Å². The summed E-state index contributed by atoms with van der Waals surface area (Å²) in [6.45, 7) is 4.12. The van der Waals surface area contributed by atoms with E-state index in [1.165, 1.54) is 4.90 Å². The van der Waals surface area contributed by atoms with Gasteiger partial charge in [-0.15, -0.1) is 0 Å². The molecule has 7 heteroatoms. The maximum absolute atomic E-state index is 12.1. The maximum atomic E-state index is 12.1. The number of anilines is 1. The fourth-order valence-electron chi connectivity index (χ4n) is 1.95. The Morgan fingerprint density at radius 3 is 2.57 bits per heavy atom. The number of ether oxygens (including phenoxy) is 2. The molecule has 0 bridgehead atoms. The lowest BCUT2D eigenvalue weighted by Crippen LogP contribution is -2.43. The monoisotopic (exact) mass is 294 g/mol. The molecule has 1 heterocycles. The lowest BCUT2D eigenvalue weighted by molar-refractivity contribution is -0.137. The Morgan fingerprint density at radius 1 is 1.29 bits per heavy atom. The van der Waals surface area contributed by atoms with Crippen molar-refractivity contribution in [1.29, 1.82) is 0 Å². The van der Waals surface area contributed by atoms with E-state index in [1.54, 1.807) is 32.0 Å². The summed E-state index contributed by atoms with van der Waals surface area (Å²) in [4.78, 5) is 24.2. The van der Waals surface area contributed by atoms with Gasteiger partial charge in [0.2, 0.25) is 0 Å². The van der Waals surface area contributed by atoms with Crippen molar-refractivity contribution in [3.8, 4) is 11.5 Å². The highest BCUT2D eigenvalue weighted by molar-refractivity contribution is 5.91. The van der Waals surface area contributed by atoms with Gasteiger partial charge in [0.1, 0.15) is 19.8 Å². The summed E-state index contributed by atoms with van der Waals surface area (Å²) in [5.74, 6) is 0.139. The van der Waals surface area contributed by atoms with Crippen LogP contribution in [0.1, 0.15) is 13.8 Å². The molecule has 0 unspecified atom stereocenters. The molecule has 114 valence electrons. The van der Waals surface area contributed by atoms with Gasteiger partial charge < -0.3 is 24.8 Å². The summed E-state index contributed by atoms with van der Waals surface area (Å²) in [5, 5.41) is 11.5. The number of carboxylic acids is 1. The van der Waals surface area contributed by atoms with Gasteiger partial charge in [-0.25, -0.2) is 4.79 Å². The zero-order valence-corrected chi connectivity index (χ0v) is 12.0. The van der Waals surface area contributed by atoms with E-state index in [9.17, 15) is 9.59 Å². The van der Waals surface area contributed by atoms with Crippen molar-refractivity contribution >= 4 is 17.7 Å². The number of hydrogen-bond donors (Lipinski definition) is 2. The minimum atomic E-state index is -1.05. The molecule has 2 rings (SSSR count). The Bertz CT molecular complexity index is 544. The fourth-order valence-corrected chi connectivity index (χ4v) is 1.95. The summed E-state index contributed by atoms with van der Waals surface area (Å²) in [5.41, 5.74) is 0.528. The number of urea groups is 1. The van der Waals surface area contributed by atoms with Crippen LogP contribution in [0.3, 0.4) is 0 Å². The summed E-state index contributed by atoms with van der Waals surface area (Å²) in [7, 11) is 0. The van der Waals surface area contributed by atoms with Crippen LogP contribution in [-0.4, -0.2) is 47.8 Å². The molecule has 0 aromatic heterocycles. The highest BCUT2D eigenvalue weighted by Crippen LogP contribution is 2.32. The molecule has 1 aromatic rings. The molecule has 0 aliphatic carbocycles. The van der Waals surface area contributed by atoms with Crippen LogP contribution in [0, 0.1) is 0 Å². The third-order valence-electron chi connectivity index (χ3n) is 2.98. The van der Waals surface area contributed by atoms with Crippen molar-refractivity contribution in [1.82, 2.24) is 4.90 Å². The average molecular weight is 294 g/mol. The number of nitrogens with zero attached hydrogens (tertiary/aromatic N) is 1. The second kappa shape index (κ2) is 6.34. The molecule has 0 radical (unpaired) electrons. The highest BCUT2D eigenvalue weighted by atomic mass is 16.6. The van der Waals surface area contributed by atoms with Crippen LogP contribution in [0.2, 0.25) is 0 Å². The molecule has 1 aromatic carbocycles. The van der Waals surface area contributed by atoms with Gasteiger partial charge in [0, 0.05) is 17.8 Å². The van der Waals surface area contributed by atoms with Crippen molar-refractivity contribution in [3.63, 3.8) is 0 Å². The molecule has 7 nitrogen and oxygen atoms in total. The minimum absolute atomic E-state index is 0.224. The van der Waals surface area contributed by atoms with E-state index in [0.717, 1.165) is 0 Å². The van der Waals surface area contributed by atoms with Crippen LogP contribution >= 0.6 is 0 Å². The van der Waals surface area contributed by atoms with Crippen LogP contribution < -0.4 is 14.8 Å². The Labute approximate surface area is 122 Å². The summed E-state index contributed by atoms with van der Waals surface area (Å²) in [6, 6.07) is 4.36. The van der Waals surface area contributed by atoms with Gasteiger partial charge in [0.15, 0.2) is 11.5 Å². The number of fused-ring (bicyclic) bond motifs is 1. The third-order valence-corrected chi connectivity index (χ3v) is 2.98. The molecule has 0 fully saturated rings. The standard InChI is InChI=1S/C14H18N2O5/c1-9(2)16(8-13(17)18)14(19)15-10-3-4-11-12(7-10)21-6-5-20-11/h3-4,7,9H,5-6,8H2,1-2H3,(H,15,19)(H,17,18). The van der Waals surface area contributed by atoms with Crippen LogP contribution in [0.5, 0.6) is 11.5 Å². The molecular formula is C14H18N2O5. The molecule has 21 heavy (non-hydrogen) atoms. The topological polar surface area (TPSA) is 88.1 Å². The number of hydrogen-bond acceptors (Lipinski definition) is 4. The van der Waals surface area contributed by atoms with Crippen molar-refractivity contribution < 1.29 is 24.2 Å². The molecule has 0 spiro atoms. The zero-order valence-electron chi connectivity index (χ0n) is 12.0. The van der Waals surface area contributed by atoms with E-state index in [4.69, 9.17) is 14.6 Å². The number of nitrogens with one attached hydrogen (secondary N) is 1. The third kappa shape index (κ3) is 3.77. The fraction of sp³-hybridized carbons (Fsp3) is 0.429. The molecule has 0 saturated heterocycles. The van der Waals surface area contributed by atoms with Crippen LogP contribution in [0.25, 0.3) is 0 Å².